The zero-order chi connectivity index (χ0) is 10.9. The number of likely N-dealkylation sites (tertiary alicyclic amines) is 1. The first-order valence-electron chi connectivity index (χ1n) is 4.81. The monoisotopic (exact) mass is 195 g/mol. The van der Waals surface area contributed by atoms with Crippen LogP contribution in [0.2, 0.25) is 0 Å². The molecule has 0 saturated carbocycles. The molecule has 0 aromatic rings. The van der Waals surface area contributed by atoms with Gasteiger partial charge in [0.25, 0.3) is 0 Å². The average molecular weight is 195 g/mol. The SMILES string of the molecule is C#CC1CN(C(=O)OC(C)(C)C)C1C. The highest BCUT2D eigenvalue weighted by Crippen LogP contribution is 2.25. The predicted octanol–water partition coefficient (Wildman–Crippen LogP) is 1.88. The van der Waals surface area contributed by atoms with Crippen LogP contribution in [0.3, 0.4) is 0 Å². The van der Waals surface area contributed by atoms with Crippen molar-refractivity contribution >= 4 is 6.09 Å². The van der Waals surface area contributed by atoms with Crippen molar-refractivity contribution in [1.82, 2.24) is 4.90 Å². The minimum absolute atomic E-state index is 0.106. The van der Waals surface area contributed by atoms with Gasteiger partial charge in [0.1, 0.15) is 5.60 Å². The molecule has 0 aromatic heterocycles. The van der Waals surface area contributed by atoms with Crippen LogP contribution in [-0.2, 0) is 4.74 Å². The van der Waals surface area contributed by atoms with Crippen LogP contribution in [-0.4, -0.2) is 29.2 Å². The largest absolute Gasteiger partial charge is 0.444 e. The molecule has 1 saturated heterocycles. The van der Waals surface area contributed by atoms with Gasteiger partial charge in [-0.15, -0.1) is 6.42 Å². The fourth-order valence-corrected chi connectivity index (χ4v) is 1.36. The topological polar surface area (TPSA) is 29.5 Å². The molecular weight excluding hydrogens is 178 g/mol. The van der Waals surface area contributed by atoms with Crippen molar-refractivity contribution in [3.63, 3.8) is 0 Å². The number of rotatable bonds is 0. The van der Waals surface area contributed by atoms with Gasteiger partial charge in [-0.3, -0.25) is 0 Å². The van der Waals surface area contributed by atoms with Crippen molar-refractivity contribution in [2.45, 2.75) is 39.3 Å². The summed E-state index contributed by atoms with van der Waals surface area (Å²) in [5, 5.41) is 0. The number of amides is 1. The lowest BCUT2D eigenvalue weighted by molar-refractivity contribution is -0.0136. The standard InChI is InChI=1S/C11H17NO2/c1-6-9-7-12(8(9)2)10(13)14-11(3,4)5/h1,8-9H,7H2,2-5H3. The van der Waals surface area contributed by atoms with E-state index in [2.05, 4.69) is 5.92 Å². The van der Waals surface area contributed by atoms with Gasteiger partial charge < -0.3 is 9.64 Å². The van der Waals surface area contributed by atoms with E-state index >= 15 is 0 Å². The van der Waals surface area contributed by atoms with E-state index in [0.717, 1.165) is 0 Å². The molecule has 0 radical (unpaired) electrons. The number of nitrogens with zero attached hydrogens (tertiary/aromatic N) is 1. The lowest BCUT2D eigenvalue weighted by Gasteiger charge is -2.43. The van der Waals surface area contributed by atoms with Gasteiger partial charge in [0.2, 0.25) is 0 Å². The number of carbonyl (C=O) groups excluding carboxylic acids is 1. The van der Waals surface area contributed by atoms with Crippen LogP contribution in [0, 0.1) is 18.3 Å². The van der Waals surface area contributed by atoms with Crippen LogP contribution in [0.25, 0.3) is 0 Å². The van der Waals surface area contributed by atoms with E-state index in [1.165, 1.54) is 0 Å². The molecule has 2 atom stereocenters. The Labute approximate surface area is 85.4 Å². The third-order valence-corrected chi connectivity index (χ3v) is 2.31. The summed E-state index contributed by atoms with van der Waals surface area (Å²) in [6, 6.07) is 0.106. The van der Waals surface area contributed by atoms with Gasteiger partial charge in [0, 0.05) is 12.6 Å². The molecule has 78 valence electrons. The molecule has 1 aliphatic rings. The summed E-state index contributed by atoms with van der Waals surface area (Å²) in [6.45, 7) is 8.13. The first kappa shape index (κ1) is 10.9. The lowest BCUT2D eigenvalue weighted by atomic mass is 9.91. The van der Waals surface area contributed by atoms with Gasteiger partial charge in [0.15, 0.2) is 0 Å². The van der Waals surface area contributed by atoms with Gasteiger partial charge >= 0.3 is 6.09 Å². The molecule has 0 aromatic carbocycles. The van der Waals surface area contributed by atoms with Gasteiger partial charge in [-0.05, 0) is 27.7 Å². The van der Waals surface area contributed by atoms with Gasteiger partial charge in [-0.2, -0.15) is 0 Å². The molecule has 1 heterocycles. The number of hydrogen-bond acceptors (Lipinski definition) is 2. The van der Waals surface area contributed by atoms with Crippen molar-refractivity contribution in [2.24, 2.45) is 5.92 Å². The van der Waals surface area contributed by atoms with Crippen molar-refractivity contribution in [3.8, 4) is 12.3 Å². The molecule has 2 unspecified atom stereocenters. The zero-order valence-corrected chi connectivity index (χ0v) is 9.20. The number of hydrogen-bond donors (Lipinski definition) is 0. The Morgan fingerprint density at radius 3 is 2.50 bits per heavy atom. The van der Waals surface area contributed by atoms with E-state index in [0.29, 0.717) is 6.54 Å². The second-order valence-corrected chi connectivity index (χ2v) is 4.65. The summed E-state index contributed by atoms with van der Waals surface area (Å²) in [6.07, 6.45) is 5.02. The molecule has 14 heavy (non-hydrogen) atoms. The van der Waals surface area contributed by atoms with Crippen molar-refractivity contribution < 1.29 is 9.53 Å². The Morgan fingerprint density at radius 2 is 2.14 bits per heavy atom. The quantitative estimate of drug-likeness (QED) is 0.552. The lowest BCUT2D eigenvalue weighted by Crippen LogP contribution is -2.57. The van der Waals surface area contributed by atoms with Gasteiger partial charge in [-0.1, -0.05) is 5.92 Å². The summed E-state index contributed by atoms with van der Waals surface area (Å²) in [5.41, 5.74) is -0.433. The van der Waals surface area contributed by atoms with Crippen molar-refractivity contribution in [1.29, 1.82) is 0 Å². The molecule has 3 heteroatoms. The van der Waals surface area contributed by atoms with E-state index < -0.39 is 5.60 Å². The first-order chi connectivity index (χ1) is 6.35. The number of ether oxygens (including phenoxy) is 1. The minimum atomic E-state index is -0.433. The molecule has 1 aliphatic heterocycles. The highest BCUT2D eigenvalue weighted by Gasteiger charge is 2.39. The van der Waals surface area contributed by atoms with Crippen LogP contribution >= 0.6 is 0 Å². The highest BCUT2D eigenvalue weighted by molar-refractivity contribution is 5.70. The predicted molar refractivity (Wildman–Crippen MR) is 54.7 cm³/mol. The minimum Gasteiger partial charge on any atom is -0.444 e. The normalized spacial score (nSPS) is 26.4. The molecule has 1 rings (SSSR count). The maximum atomic E-state index is 11.5. The van der Waals surface area contributed by atoms with E-state index in [4.69, 9.17) is 11.2 Å². The Balaban J connectivity index is 2.47. The van der Waals surface area contributed by atoms with Crippen LogP contribution in [0.15, 0.2) is 0 Å². The van der Waals surface area contributed by atoms with Crippen molar-refractivity contribution in [3.05, 3.63) is 0 Å². The third-order valence-electron chi connectivity index (χ3n) is 2.31. The number of terminal acetylenes is 1. The molecule has 3 nitrogen and oxygen atoms in total. The second kappa shape index (κ2) is 3.53. The molecular formula is C11H17NO2. The molecule has 1 amide bonds. The third kappa shape index (κ3) is 2.20. The first-order valence-corrected chi connectivity index (χ1v) is 4.81. The average Bonchev–Trinajstić information content (AvgIpc) is 1.99. The summed E-state index contributed by atoms with van der Waals surface area (Å²) in [4.78, 5) is 13.2. The van der Waals surface area contributed by atoms with Gasteiger partial charge in [-0.25, -0.2) is 4.79 Å². The summed E-state index contributed by atoms with van der Waals surface area (Å²) >= 11 is 0. The van der Waals surface area contributed by atoms with E-state index in [1.54, 1.807) is 4.90 Å². The summed E-state index contributed by atoms with van der Waals surface area (Å²) < 4.78 is 5.22. The Kier molecular flexibility index (Phi) is 2.75. The maximum absolute atomic E-state index is 11.5. The van der Waals surface area contributed by atoms with Crippen LogP contribution in [0.4, 0.5) is 4.79 Å². The fraction of sp³-hybridized carbons (Fsp3) is 0.727. The van der Waals surface area contributed by atoms with E-state index in [-0.39, 0.29) is 18.1 Å². The maximum Gasteiger partial charge on any atom is 0.410 e. The summed E-state index contributed by atoms with van der Waals surface area (Å²) in [7, 11) is 0. The highest BCUT2D eigenvalue weighted by atomic mass is 16.6. The Morgan fingerprint density at radius 1 is 1.57 bits per heavy atom. The van der Waals surface area contributed by atoms with Crippen LogP contribution < -0.4 is 0 Å². The van der Waals surface area contributed by atoms with E-state index in [9.17, 15) is 4.79 Å². The smallest absolute Gasteiger partial charge is 0.410 e. The Hall–Kier alpha value is -1.17. The van der Waals surface area contributed by atoms with E-state index in [1.807, 2.05) is 27.7 Å². The van der Waals surface area contributed by atoms with Gasteiger partial charge in [0.05, 0.1) is 5.92 Å². The Bertz CT molecular complexity index is 272. The van der Waals surface area contributed by atoms with Crippen molar-refractivity contribution in [2.75, 3.05) is 6.54 Å². The summed E-state index contributed by atoms with van der Waals surface area (Å²) in [5.74, 6) is 2.83. The van der Waals surface area contributed by atoms with Crippen LogP contribution in [0.1, 0.15) is 27.7 Å². The molecule has 0 aliphatic carbocycles. The molecule has 0 bridgehead atoms. The molecule has 0 N–H and O–H groups in total. The number of carbonyl (C=O) groups is 1. The second-order valence-electron chi connectivity index (χ2n) is 4.65. The van der Waals surface area contributed by atoms with Crippen LogP contribution in [0.5, 0.6) is 0 Å². The molecule has 0 spiro atoms. The molecule has 1 fully saturated rings. The zero-order valence-electron chi connectivity index (χ0n) is 9.20. The fourth-order valence-electron chi connectivity index (χ4n) is 1.36.